The van der Waals surface area contributed by atoms with Crippen LogP contribution < -0.4 is 0 Å². The van der Waals surface area contributed by atoms with E-state index >= 15 is 0 Å². The Balaban J connectivity index is 1.67. The minimum Gasteiger partial charge on any atom is -0.264 e. The van der Waals surface area contributed by atoms with Crippen LogP contribution in [0.3, 0.4) is 0 Å². The lowest BCUT2D eigenvalue weighted by Crippen LogP contribution is -1.99. The van der Waals surface area contributed by atoms with Gasteiger partial charge < -0.3 is 0 Å². The first-order chi connectivity index (χ1) is 13.8. The fourth-order valence-electron chi connectivity index (χ4n) is 3.25. The Kier molecular flexibility index (Phi) is 3.94. The van der Waals surface area contributed by atoms with E-state index in [1.165, 1.54) is 0 Å². The molecule has 0 aromatic carbocycles. The molecule has 6 nitrogen and oxygen atoms in total. The lowest BCUT2D eigenvalue weighted by Gasteiger charge is -2.10. The molecule has 0 N–H and O–H groups in total. The van der Waals surface area contributed by atoms with Crippen molar-refractivity contribution in [2.75, 3.05) is 0 Å². The van der Waals surface area contributed by atoms with E-state index in [-0.39, 0.29) is 0 Å². The van der Waals surface area contributed by atoms with Crippen LogP contribution in [0.25, 0.3) is 33.9 Å². The van der Waals surface area contributed by atoms with Gasteiger partial charge in [-0.25, -0.2) is 15.0 Å². The molecular weight excluding hydrogens is 348 g/mol. The third-order valence-corrected chi connectivity index (χ3v) is 4.59. The van der Waals surface area contributed by atoms with Gasteiger partial charge in [0.2, 0.25) is 0 Å². The van der Waals surface area contributed by atoms with Crippen LogP contribution in [0.15, 0.2) is 66.2 Å². The van der Waals surface area contributed by atoms with Crippen LogP contribution >= 0.6 is 0 Å². The minimum atomic E-state index is 0.606. The molecule has 4 aromatic heterocycles. The van der Waals surface area contributed by atoms with Crippen LogP contribution in [0.5, 0.6) is 0 Å². The van der Waals surface area contributed by atoms with Gasteiger partial charge >= 0.3 is 0 Å². The van der Waals surface area contributed by atoms with Gasteiger partial charge in [-0.15, -0.1) is 0 Å². The summed E-state index contributed by atoms with van der Waals surface area (Å²) in [4.78, 5) is 27.2. The fourth-order valence-corrected chi connectivity index (χ4v) is 3.25. The first-order valence-corrected chi connectivity index (χ1v) is 9.01. The molecule has 0 saturated heterocycles. The van der Waals surface area contributed by atoms with Gasteiger partial charge in [-0.1, -0.05) is 12.1 Å². The number of hydrogen-bond donors (Lipinski definition) is 0. The van der Waals surface area contributed by atoms with Crippen LogP contribution in [0.2, 0.25) is 0 Å². The maximum Gasteiger partial charge on any atom is 0.179 e. The SMILES string of the molecule is Cc1cccc(-c2nc3c(c(-c4cncc(-c5cccnc5)c4)n2)N=CC3)n1. The molecule has 6 heteroatoms. The van der Waals surface area contributed by atoms with Gasteiger partial charge in [-0.2, -0.15) is 0 Å². The molecule has 5 heterocycles. The minimum absolute atomic E-state index is 0.606. The molecule has 1 aliphatic rings. The zero-order valence-corrected chi connectivity index (χ0v) is 15.2. The summed E-state index contributed by atoms with van der Waals surface area (Å²) < 4.78 is 0. The van der Waals surface area contributed by atoms with Crippen molar-refractivity contribution >= 4 is 11.9 Å². The average molecular weight is 364 g/mol. The van der Waals surface area contributed by atoms with E-state index in [4.69, 9.17) is 9.97 Å². The second kappa shape index (κ2) is 6.74. The van der Waals surface area contributed by atoms with E-state index in [9.17, 15) is 0 Å². The van der Waals surface area contributed by atoms with Crippen LogP contribution in [0, 0.1) is 6.92 Å². The highest BCUT2D eigenvalue weighted by Crippen LogP contribution is 2.36. The molecule has 28 heavy (non-hydrogen) atoms. The third-order valence-electron chi connectivity index (χ3n) is 4.59. The molecule has 0 aliphatic carbocycles. The van der Waals surface area contributed by atoms with Gasteiger partial charge in [-0.05, 0) is 31.2 Å². The van der Waals surface area contributed by atoms with E-state index in [1.54, 1.807) is 6.20 Å². The molecule has 0 unspecified atom stereocenters. The first kappa shape index (κ1) is 16.4. The summed E-state index contributed by atoms with van der Waals surface area (Å²) in [5, 5.41) is 0. The summed E-state index contributed by atoms with van der Waals surface area (Å²) >= 11 is 0. The number of rotatable bonds is 3. The summed E-state index contributed by atoms with van der Waals surface area (Å²) in [5.74, 6) is 0.606. The number of aryl methyl sites for hydroxylation is 1. The highest BCUT2D eigenvalue weighted by molar-refractivity contribution is 5.85. The Morgan fingerprint density at radius 2 is 1.71 bits per heavy atom. The van der Waals surface area contributed by atoms with Crippen LogP contribution in [0.1, 0.15) is 11.4 Å². The second-order valence-corrected chi connectivity index (χ2v) is 6.58. The smallest absolute Gasteiger partial charge is 0.179 e. The molecule has 0 radical (unpaired) electrons. The average Bonchev–Trinajstić information content (AvgIpc) is 3.22. The molecule has 0 atom stereocenters. The number of pyridine rings is 3. The normalized spacial score (nSPS) is 12.2. The van der Waals surface area contributed by atoms with E-state index in [0.29, 0.717) is 12.2 Å². The number of hydrogen-bond acceptors (Lipinski definition) is 6. The van der Waals surface area contributed by atoms with Gasteiger partial charge in [0.1, 0.15) is 17.1 Å². The highest BCUT2D eigenvalue weighted by Gasteiger charge is 2.20. The van der Waals surface area contributed by atoms with Crippen molar-refractivity contribution in [2.24, 2.45) is 4.99 Å². The molecule has 1 aliphatic heterocycles. The summed E-state index contributed by atoms with van der Waals surface area (Å²) in [5.41, 5.74) is 7.06. The summed E-state index contributed by atoms with van der Waals surface area (Å²) in [7, 11) is 0. The van der Waals surface area contributed by atoms with Gasteiger partial charge in [0.25, 0.3) is 0 Å². The van der Waals surface area contributed by atoms with E-state index in [1.807, 2.05) is 62.1 Å². The molecule has 0 spiro atoms. The molecule has 0 amide bonds. The van der Waals surface area contributed by atoms with Crippen molar-refractivity contribution < 1.29 is 0 Å². The highest BCUT2D eigenvalue weighted by atomic mass is 15.0. The van der Waals surface area contributed by atoms with E-state index < -0.39 is 0 Å². The molecule has 0 saturated carbocycles. The quantitative estimate of drug-likeness (QED) is 0.544. The van der Waals surface area contributed by atoms with Crippen molar-refractivity contribution in [3.05, 3.63) is 72.6 Å². The number of nitrogens with zero attached hydrogens (tertiary/aromatic N) is 6. The lowest BCUT2D eigenvalue weighted by molar-refractivity contribution is 1.07. The summed E-state index contributed by atoms with van der Waals surface area (Å²) in [6.07, 6.45) is 9.78. The first-order valence-electron chi connectivity index (χ1n) is 9.01. The molecule has 0 fully saturated rings. The van der Waals surface area contributed by atoms with Gasteiger partial charge in [0.15, 0.2) is 5.82 Å². The lowest BCUT2D eigenvalue weighted by atomic mass is 10.0. The van der Waals surface area contributed by atoms with Crippen LogP contribution in [-0.2, 0) is 6.42 Å². The Labute approximate surface area is 162 Å². The number of fused-ring (bicyclic) bond motifs is 1. The molecule has 134 valence electrons. The van der Waals surface area contributed by atoms with Gasteiger partial charge in [0, 0.05) is 59.8 Å². The van der Waals surface area contributed by atoms with Crippen molar-refractivity contribution in [1.82, 2.24) is 24.9 Å². The number of aliphatic imine (C=N–C) groups is 1. The summed E-state index contributed by atoms with van der Waals surface area (Å²) in [6, 6.07) is 11.8. The number of aromatic nitrogens is 5. The van der Waals surface area contributed by atoms with Crippen molar-refractivity contribution in [3.8, 4) is 33.9 Å². The van der Waals surface area contributed by atoms with E-state index in [2.05, 4.69) is 26.0 Å². The third kappa shape index (κ3) is 2.95. The maximum atomic E-state index is 4.82. The fraction of sp³-hybridized carbons (Fsp3) is 0.0909. The summed E-state index contributed by atoms with van der Waals surface area (Å²) in [6.45, 7) is 1.96. The van der Waals surface area contributed by atoms with E-state index in [0.717, 1.165) is 45.2 Å². The Morgan fingerprint density at radius 3 is 2.57 bits per heavy atom. The molecule has 4 aromatic rings. The molecular formula is C22H16N6. The van der Waals surface area contributed by atoms with Gasteiger partial charge in [0.05, 0.1) is 5.69 Å². The molecule has 0 bridgehead atoms. The molecule has 5 rings (SSSR count). The van der Waals surface area contributed by atoms with Gasteiger partial charge in [-0.3, -0.25) is 15.0 Å². The predicted molar refractivity (Wildman–Crippen MR) is 108 cm³/mol. The Bertz CT molecular complexity index is 1200. The Hall–Kier alpha value is -3.80. The van der Waals surface area contributed by atoms with Crippen LogP contribution in [-0.4, -0.2) is 31.1 Å². The zero-order chi connectivity index (χ0) is 18.9. The van der Waals surface area contributed by atoms with Crippen LogP contribution in [0.4, 0.5) is 5.69 Å². The predicted octanol–water partition coefficient (Wildman–Crippen LogP) is 4.23. The van der Waals surface area contributed by atoms with Crippen molar-refractivity contribution in [2.45, 2.75) is 13.3 Å². The second-order valence-electron chi connectivity index (χ2n) is 6.58. The maximum absolute atomic E-state index is 4.82. The van der Waals surface area contributed by atoms with Crippen molar-refractivity contribution in [3.63, 3.8) is 0 Å². The Morgan fingerprint density at radius 1 is 0.821 bits per heavy atom. The zero-order valence-electron chi connectivity index (χ0n) is 15.2. The monoisotopic (exact) mass is 364 g/mol. The topological polar surface area (TPSA) is 76.8 Å². The standard InChI is InChI=1S/C22H16N6/c1-14-4-2-6-19(26-14)22-27-18-7-9-25-21(18)20(28-22)17-10-16(12-24-13-17)15-5-3-8-23-11-15/h2-6,8-13H,7H2,1H3. The largest absolute Gasteiger partial charge is 0.264 e. The van der Waals surface area contributed by atoms with Crippen molar-refractivity contribution in [1.29, 1.82) is 0 Å².